The molecular weight excluding hydrogens is 371 g/mol. The van der Waals surface area contributed by atoms with E-state index in [-0.39, 0.29) is 11.6 Å². The normalized spacial score (nSPS) is 17.3. The van der Waals surface area contributed by atoms with Gasteiger partial charge < -0.3 is 14.8 Å². The van der Waals surface area contributed by atoms with E-state index in [1.54, 1.807) is 12.4 Å². The Morgan fingerprint density at radius 2 is 2.04 bits per heavy atom. The fraction of sp³-hybridized carbons (Fsp3) is 0.316. The van der Waals surface area contributed by atoms with Crippen molar-refractivity contribution in [1.29, 1.82) is 0 Å². The molecule has 1 aliphatic heterocycles. The molecule has 1 atom stereocenters. The van der Waals surface area contributed by atoms with Gasteiger partial charge in [-0.3, -0.25) is 4.98 Å². The SMILES string of the molecule is Cn1c(C2CCN(C(=O)Nc3ccccc3C(F)(F)F)C2)nc2ccncc21. The highest BCUT2D eigenvalue weighted by molar-refractivity contribution is 5.90. The molecule has 9 heteroatoms. The summed E-state index contributed by atoms with van der Waals surface area (Å²) >= 11 is 0. The van der Waals surface area contributed by atoms with Gasteiger partial charge in [-0.1, -0.05) is 12.1 Å². The molecule has 1 aromatic carbocycles. The third kappa shape index (κ3) is 3.28. The second-order valence-corrected chi connectivity index (χ2v) is 6.80. The van der Waals surface area contributed by atoms with Crippen LogP contribution >= 0.6 is 0 Å². The number of carbonyl (C=O) groups excluding carboxylic acids is 1. The number of para-hydroxylation sites is 1. The maximum Gasteiger partial charge on any atom is 0.418 e. The van der Waals surface area contributed by atoms with E-state index in [9.17, 15) is 18.0 Å². The average Bonchev–Trinajstić information content (AvgIpc) is 3.27. The molecule has 0 bridgehead atoms. The van der Waals surface area contributed by atoms with Gasteiger partial charge >= 0.3 is 12.2 Å². The van der Waals surface area contributed by atoms with E-state index in [1.165, 1.54) is 23.1 Å². The second-order valence-electron chi connectivity index (χ2n) is 6.80. The molecule has 3 aromatic rings. The second kappa shape index (κ2) is 6.81. The summed E-state index contributed by atoms with van der Waals surface area (Å²) in [7, 11) is 1.90. The highest BCUT2D eigenvalue weighted by Gasteiger charge is 2.35. The summed E-state index contributed by atoms with van der Waals surface area (Å²) in [5.41, 5.74) is 0.633. The number of alkyl halides is 3. The Kier molecular flexibility index (Phi) is 4.44. The van der Waals surface area contributed by atoms with Crippen LogP contribution in [-0.4, -0.2) is 38.6 Å². The molecule has 0 spiro atoms. The minimum Gasteiger partial charge on any atom is -0.330 e. The quantitative estimate of drug-likeness (QED) is 0.720. The van der Waals surface area contributed by atoms with Crippen LogP contribution in [0.3, 0.4) is 0 Å². The summed E-state index contributed by atoms with van der Waals surface area (Å²) in [6.07, 6.45) is -0.428. The standard InChI is InChI=1S/C19H18F3N5O/c1-26-16-10-23-8-6-15(16)24-17(26)12-7-9-27(11-12)18(28)25-14-5-3-2-4-13(14)19(20,21)22/h2-6,8,10,12H,7,9,11H2,1H3,(H,25,28). The van der Waals surface area contributed by atoms with Crippen molar-refractivity contribution < 1.29 is 18.0 Å². The fourth-order valence-electron chi connectivity index (χ4n) is 3.61. The molecule has 1 unspecified atom stereocenters. The number of likely N-dealkylation sites (tertiary alicyclic amines) is 1. The van der Waals surface area contributed by atoms with Crippen LogP contribution in [0, 0.1) is 0 Å². The van der Waals surface area contributed by atoms with Crippen LogP contribution in [0.15, 0.2) is 42.7 Å². The molecule has 1 saturated heterocycles. The molecule has 2 aromatic heterocycles. The Labute approximate surface area is 159 Å². The molecule has 6 nitrogen and oxygen atoms in total. The smallest absolute Gasteiger partial charge is 0.330 e. The number of urea groups is 1. The highest BCUT2D eigenvalue weighted by atomic mass is 19.4. The summed E-state index contributed by atoms with van der Waals surface area (Å²) in [5, 5.41) is 2.40. The third-order valence-electron chi connectivity index (χ3n) is 5.03. The molecule has 0 aliphatic carbocycles. The number of nitrogens with zero attached hydrogens (tertiary/aromatic N) is 4. The van der Waals surface area contributed by atoms with Gasteiger partial charge in [-0.15, -0.1) is 0 Å². The zero-order valence-corrected chi connectivity index (χ0v) is 15.1. The first-order valence-electron chi connectivity index (χ1n) is 8.83. The van der Waals surface area contributed by atoms with Crippen LogP contribution in [0.5, 0.6) is 0 Å². The Balaban J connectivity index is 1.50. The van der Waals surface area contributed by atoms with E-state index >= 15 is 0 Å². The van der Waals surface area contributed by atoms with E-state index in [1.807, 2.05) is 17.7 Å². The molecule has 4 rings (SSSR count). The van der Waals surface area contributed by atoms with Gasteiger partial charge in [-0.25, -0.2) is 9.78 Å². The van der Waals surface area contributed by atoms with Crippen molar-refractivity contribution >= 4 is 22.8 Å². The number of fused-ring (bicyclic) bond motifs is 1. The van der Waals surface area contributed by atoms with Gasteiger partial charge in [0.1, 0.15) is 5.82 Å². The summed E-state index contributed by atoms with van der Waals surface area (Å²) in [5.74, 6) is 0.856. The minimum absolute atomic E-state index is 0.0148. The molecule has 146 valence electrons. The summed E-state index contributed by atoms with van der Waals surface area (Å²) in [6.45, 7) is 0.844. The Bertz CT molecular complexity index is 1030. The van der Waals surface area contributed by atoms with Gasteiger partial charge in [-0.05, 0) is 24.6 Å². The van der Waals surface area contributed by atoms with Crippen LogP contribution in [-0.2, 0) is 13.2 Å². The maximum absolute atomic E-state index is 13.1. The average molecular weight is 389 g/mol. The lowest BCUT2D eigenvalue weighted by Gasteiger charge is -2.19. The Morgan fingerprint density at radius 1 is 1.25 bits per heavy atom. The van der Waals surface area contributed by atoms with Gasteiger partial charge in [0.25, 0.3) is 0 Å². The number of benzene rings is 1. The number of nitrogens with one attached hydrogen (secondary N) is 1. The van der Waals surface area contributed by atoms with Crippen molar-refractivity contribution in [2.45, 2.75) is 18.5 Å². The maximum atomic E-state index is 13.1. The van der Waals surface area contributed by atoms with Gasteiger partial charge in [0.05, 0.1) is 28.5 Å². The molecule has 28 heavy (non-hydrogen) atoms. The van der Waals surface area contributed by atoms with Crippen LogP contribution in [0.25, 0.3) is 11.0 Å². The lowest BCUT2D eigenvalue weighted by atomic mass is 10.1. The van der Waals surface area contributed by atoms with Crippen molar-refractivity contribution in [3.63, 3.8) is 0 Å². The van der Waals surface area contributed by atoms with Crippen molar-refractivity contribution in [3.8, 4) is 0 Å². The number of amides is 2. The molecule has 2 amide bonds. The summed E-state index contributed by atoms with van der Waals surface area (Å²) in [6, 6.07) is 6.25. The predicted molar refractivity (Wildman–Crippen MR) is 97.9 cm³/mol. The molecule has 0 radical (unpaired) electrons. The number of aromatic nitrogens is 3. The first-order chi connectivity index (χ1) is 13.3. The fourth-order valence-corrected chi connectivity index (χ4v) is 3.61. The first kappa shape index (κ1) is 18.3. The van der Waals surface area contributed by atoms with Gasteiger partial charge in [-0.2, -0.15) is 13.2 Å². The monoisotopic (exact) mass is 389 g/mol. The first-order valence-corrected chi connectivity index (χ1v) is 8.83. The van der Waals surface area contributed by atoms with E-state index in [0.29, 0.717) is 19.5 Å². The number of pyridine rings is 1. The van der Waals surface area contributed by atoms with Crippen molar-refractivity contribution in [2.75, 3.05) is 18.4 Å². The van der Waals surface area contributed by atoms with E-state index in [0.717, 1.165) is 22.9 Å². The van der Waals surface area contributed by atoms with E-state index in [4.69, 9.17) is 0 Å². The number of hydrogen-bond donors (Lipinski definition) is 1. The molecule has 1 aliphatic rings. The van der Waals surface area contributed by atoms with Gasteiger partial charge in [0.15, 0.2) is 0 Å². The van der Waals surface area contributed by atoms with Crippen molar-refractivity contribution in [2.24, 2.45) is 7.05 Å². The van der Waals surface area contributed by atoms with Crippen molar-refractivity contribution in [3.05, 3.63) is 54.1 Å². The molecule has 0 saturated carbocycles. The van der Waals surface area contributed by atoms with Crippen LogP contribution in [0.4, 0.5) is 23.7 Å². The third-order valence-corrected chi connectivity index (χ3v) is 5.03. The Hall–Kier alpha value is -3.10. The predicted octanol–water partition coefficient (Wildman–Crippen LogP) is 4.01. The zero-order chi connectivity index (χ0) is 19.9. The number of imidazole rings is 1. The molecule has 3 heterocycles. The largest absolute Gasteiger partial charge is 0.418 e. The van der Waals surface area contributed by atoms with Crippen LogP contribution < -0.4 is 5.32 Å². The number of rotatable bonds is 2. The highest BCUT2D eigenvalue weighted by Crippen LogP contribution is 2.35. The van der Waals surface area contributed by atoms with Gasteiger partial charge in [0.2, 0.25) is 0 Å². The zero-order valence-electron chi connectivity index (χ0n) is 15.1. The number of anilines is 1. The van der Waals surface area contributed by atoms with Crippen LogP contribution in [0.1, 0.15) is 23.7 Å². The number of aryl methyl sites for hydroxylation is 1. The Morgan fingerprint density at radius 3 is 2.79 bits per heavy atom. The van der Waals surface area contributed by atoms with E-state index in [2.05, 4.69) is 15.3 Å². The number of hydrogen-bond acceptors (Lipinski definition) is 3. The number of halogens is 3. The van der Waals surface area contributed by atoms with E-state index < -0.39 is 17.8 Å². The lowest BCUT2D eigenvalue weighted by molar-refractivity contribution is -0.136. The topological polar surface area (TPSA) is 63.1 Å². The molecule has 1 N–H and O–H groups in total. The van der Waals surface area contributed by atoms with Gasteiger partial charge in [0, 0.05) is 32.3 Å². The minimum atomic E-state index is -4.53. The lowest BCUT2D eigenvalue weighted by Crippen LogP contribution is -2.33. The van der Waals surface area contributed by atoms with Crippen LogP contribution in [0.2, 0.25) is 0 Å². The summed E-state index contributed by atoms with van der Waals surface area (Å²) in [4.78, 5) is 22.8. The summed E-state index contributed by atoms with van der Waals surface area (Å²) < 4.78 is 41.3. The van der Waals surface area contributed by atoms with Crippen molar-refractivity contribution in [1.82, 2.24) is 19.4 Å². The number of carbonyl (C=O) groups is 1. The molecular formula is C19H18F3N5O. The molecule has 1 fully saturated rings.